The minimum absolute atomic E-state index is 0.0934. The number of benzene rings is 1. The molecule has 152 valence electrons. The van der Waals surface area contributed by atoms with Gasteiger partial charge in [0.25, 0.3) is 5.91 Å². The molecule has 0 bridgehead atoms. The molecule has 29 heavy (non-hydrogen) atoms. The number of carbonyl (C=O) groups excluding carboxylic acids is 2. The summed E-state index contributed by atoms with van der Waals surface area (Å²) in [5.74, 6) is -0.144. The number of aromatic nitrogens is 1. The van der Waals surface area contributed by atoms with Crippen LogP contribution < -0.4 is 10.0 Å². The van der Waals surface area contributed by atoms with E-state index in [0.29, 0.717) is 23.2 Å². The van der Waals surface area contributed by atoms with Crippen molar-refractivity contribution < 1.29 is 18.0 Å². The third-order valence-electron chi connectivity index (χ3n) is 5.47. The van der Waals surface area contributed by atoms with Crippen molar-refractivity contribution in [3.05, 3.63) is 46.3 Å². The topological polar surface area (TPSA) is 108 Å². The highest BCUT2D eigenvalue weighted by atomic mass is 32.2. The van der Waals surface area contributed by atoms with Crippen LogP contribution in [0.15, 0.2) is 23.1 Å². The van der Waals surface area contributed by atoms with Gasteiger partial charge in [0, 0.05) is 34.6 Å². The number of amides is 1. The molecule has 0 saturated carbocycles. The molecular weight excluding hydrogens is 390 g/mol. The maximum atomic E-state index is 12.6. The summed E-state index contributed by atoms with van der Waals surface area (Å²) in [6.07, 6.45) is 5.54. The van der Waals surface area contributed by atoms with Crippen LogP contribution in [0.25, 0.3) is 11.6 Å². The van der Waals surface area contributed by atoms with Crippen molar-refractivity contribution in [2.45, 2.75) is 43.9 Å². The summed E-state index contributed by atoms with van der Waals surface area (Å²) in [5, 5.41) is 2.78. The molecule has 7 nitrogen and oxygen atoms in total. The van der Waals surface area contributed by atoms with Gasteiger partial charge in [0.05, 0.1) is 10.5 Å². The number of hydrogen-bond acceptors (Lipinski definition) is 4. The standard InChI is InChI=1S/C21H23N3O4S/c1-3-5-13-18(23-17-6-4-7-19(25)20(13)17)11-15-14-10-12(29(27,28)22-2)8-9-16(14)24-21(15)26/h8-11,22-23H,3-7H2,1-2H3,(H,24,26)/b15-11-. The number of hydrogen-bond donors (Lipinski definition) is 3. The van der Waals surface area contributed by atoms with Crippen molar-refractivity contribution in [2.75, 3.05) is 12.4 Å². The lowest BCUT2D eigenvalue weighted by molar-refractivity contribution is -0.110. The zero-order valence-corrected chi connectivity index (χ0v) is 17.2. The summed E-state index contributed by atoms with van der Waals surface area (Å²) in [7, 11) is -2.28. The molecule has 3 N–H and O–H groups in total. The Labute approximate surface area is 169 Å². The van der Waals surface area contributed by atoms with Crippen LogP contribution in [0.5, 0.6) is 0 Å². The molecular formula is C21H23N3O4S. The quantitative estimate of drug-likeness (QED) is 0.655. The van der Waals surface area contributed by atoms with Crippen molar-refractivity contribution in [3.63, 3.8) is 0 Å². The van der Waals surface area contributed by atoms with Gasteiger partial charge in [-0.05, 0) is 56.1 Å². The van der Waals surface area contributed by atoms with E-state index in [4.69, 9.17) is 0 Å². The van der Waals surface area contributed by atoms with Gasteiger partial charge in [0.1, 0.15) is 0 Å². The van der Waals surface area contributed by atoms with E-state index in [1.807, 2.05) is 0 Å². The third-order valence-corrected chi connectivity index (χ3v) is 6.88. The van der Waals surface area contributed by atoms with Crippen molar-refractivity contribution >= 4 is 39.1 Å². The lowest BCUT2D eigenvalue weighted by atomic mass is 9.91. The maximum Gasteiger partial charge on any atom is 0.256 e. The Balaban J connectivity index is 1.86. The highest BCUT2D eigenvalue weighted by Crippen LogP contribution is 2.36. The molecule has 8 heteroatoms. The number of sulfonamides is 1. The van der Waals surface area contributed by atoms with Crippen LogP contribution in [-0.4, -0.2) is 32.1 Å². The summed E-state index contributed by atoms with van der Waals surface area (Å²) in [5.41, 5.74) is 4.90. The summed E-state index contributed by atoms with van der Waals surface area (Å²) in [4.78, 5) is 28.5. The van der Waals surface area contributed by atoms with Crippen LogP contribution in [0.1, 0.15) is 59.1 Å². The van der Waals surface area contributed by atoms with Gasteiger partial charge in [-0.3, -0.25) is 9.59 Å². The Morgan fingerprint density at radius 3 is 2.72 bits per heavy atom. The molecule has 1 aliphatic carbocycles. The highest BCUT2D eigenvalue weighted by Gasteiger charge is 2.29. The van der Waals surface area contributed by atoms with E-state index in [2.05, 4.69) is 21.9 Å². The fourth-order valence-corrected chi connectivity index (χ4v) is 4.82. The average molecular weight is 413 g/mol. The Morgan fingerprint density at radius 1 is 1.21 bits per heavy atom. The van der Waals surface area contributed by atoms with Crippen LogP contribution in [-0.2, 0) is 27.7 Å². The fourth-order valence-electron chi connectivity index (χ4n) is 4.06. The predicted molar refractivity (Wildman–Crippen MR) is 111 cm³/mol. The van der Waals surface area contributed by atoms with Gasteiger partial charge in [-0.1, -0.05) is 13.3 Å². The summed E-state index contributed by atoms with van der Waals surface area (Å²) >= 11 is 0. The average Bonchev–Trinajstić information content (AvgIpc) is 3.20. The minimum Gasteiger partial charge on any atom is -0.358 e. The maximum absolute atomic E-state index is 12.6. The van der Waals surface area contributed by atoms with E-state index in [0.717, 1.165) is 48.2 Å². The Morgan fingerprint density at radius 2 is 2.00 bits per heavy atom. The van der Waals surface area contributed by atoms with Gasteiger partial charge in [-0.15, -0.1) is 0 Å². The minimum atomic E-state index is -3.63. The second-order valence-electron chi connectivity index (χ2n) is 7.32. The Bertz CT molecular complexity index is 1160. The van der Waals surface area contributed by atoms with Crippen LogP contribution in [0, 0.1) is 0 Å². The molecule has 1 aliphatic heterocycles. The second-order valence-corrected chi connectivity index (χ2v) is 9.21. The van der Waals surface area contributed by atoms with Crippen molar-refractivity contribution in [1.82, 2.24) is 9.71 Å². The van der Waals surface area contributed by atoms with Gasteiger partial charge in [-0.25, -0.2) is 13.1 Å². The highest BCUT2D eigenvalue weighted by molar-refractivity contribution is 7.89. The first-order chi connectivity index (χ1) is 13.9. The van der Waals surface area contributed by atoms with Crippen LogP contribution in [0.4, 0.5) is 5.69 Å². The number of fused-ring (bicyclic) bond motifs is 2. The molecule has 1 aromatic carbocycles. The van der Waals surface area contributed by atoms with Gasteiger partial charge in [0.15, 0.2) is 5.78 Å². The zero-order chi connectivity index (χ0) is 20.8. The number of H-pyrrole nitrogens is 1. The van der Waals surface area contributed by atoms with E-state index in [1.54, 1.807) is 12.1 Å². The van der Waals surface area contributed by atoms with E-state index < -0.39 is 10.0 Å². The number of Topliss-reactive ketones (excluding diaryl/α,β-unsaturated/α-hetero) is 1. The number of aryl methyl sites for hydroxylation is 1. The third kappa shape index (κ3) is 3.32. The largest absolute Gasteiger partial charge is 0.358 e. The monoisotopic (exact) mass is 413 g/mol. The molecule has 1 aromatic heterocycles. The van der Waals surface area contributed by atoms with E-state index in [9.17, 15) is 18.0 Å². The SMILES string of the molecule is CCCc1c(/C=C2\C(=O)Nc3ccc(S(=O)(=O)NC)cc32)[nH]c2c1C(=O)CCC2. The van der Waals surface area contributed by atoms with Gasteiger partial charge < -0.3 is 10.3 Å². The molecule has 0 fully saturated rings. The number of nitrogens with one attached hydrogen (secondary N) is 3. The molecule has 4 rings (SSSR count). The van der Waals surface area contributed by atoms with Crippen LogP contribution >= 0.6 is 0 Å². The summed E-state index contributed by atoms with van der Waals surface area (Å²) < 4.78 is 26.6. The molecule has 0 radical (unpaired) electrons. The summed E-state index contributed by atoms with van der Waals surface area (Å²) in [6.45, 7) is 2.05. The molecule has 1 amide bonds. The normalized spacial score (nSPS) is 17.4. The zero-order valence-electron chi connectivity index (χ0n) is 16.4. The number of aromatic amines is 1. The van der Waals surface area contributed by atoms with Crippen molar-refractivity contribution in [3.8, 4) is 0 Å². The van der Waals surface area contributed by atoms with Crippen LogP contribution in [0.2, 0.25) is 0 Å². The molecule has 2 heterocycles. The predicted octanol–water partition coefficient (Wildman–Crippen LogP) is 2.89. The summed E-state index contributed by atoms with van der Waals surface area (Å²) in [6, 6.07) is 4.55. The van der Waals surface area contributed by atoms with E-state index >= 15 is 0 Å². The Kier molecular flexibility index (Phi) is 4.92. The first-order valence-corrected chi connectivity index (χ1v) is 11.2. The fraction of sp³-hybridized carbons (Fsp3) is 0.333. The number of carbonyl (C=O) groups is 2. The molecule has 0 unspecified atom stereocenters. The van der Waals surface area contributed by atoms with Gasteiger partial charge in [0.2, 0.25) is 10.0 Å². The lowest BCUT2D eigenvalue weighted by Gasteiger charge is -2.11. The van der Waals surface area contributed by atoms with Crippen LogP contribution in [0.3, 0.4) is 0 Å². The van der Waals surface area contributed by atoms with E-state index in [1.165, 1.54) is 19.2 Å². The number of ketones is 1. The number of anilines is 1. The van der Waals surface area contributed by atoms with Gasteiger partial charge >= 0.3 is 0 Å². The first kappa shape index (κ1) is 19.6. The van der Waals surface area contributed by atoms with Crippen molar-refractivity contribution in [2.24, 2.45) is 0 Å². The van der Waals surface area contributed by atoms with Crippen molar-refractivity contribution in [1.29, 1.82) is 0 Å². The van der Waals surface area contributed by atoms with Gasteiger partial charge in [-0.2, -0.15) is 0 Å². The second kappa shape index (κ2) is 7.27. The molecule has 0 spiro atoms. The lowest BCUT2D eigenvalue weighted by Crippen LogP contribution is -2.18. The molecule has 0 saturated heterocycles. The molecule has 2 aliphatic rings. The number of rotatable bonds is 5. The molecule has 2 aromatic rings. The van der Waals surface area contributed by atoms with E-state index in [-0.39, 0.29) is 16.6 Å². The first-order valence-electron chi connectivity index (χ1n) is 9.73. The molecule has 0 atom stereocenters. The Hall–Kier alpha value is -2.71. The smallest absolute Gasteiger partial charge is 0.256 e.